The lowest BCUT2D eigenvalue weighted by Crippen LogP contribution is -2.20. The summed E-state index contributed by atoms with van der Waals surface area (Å²) in [5, 5.41) is 0. The SMILES string of the molecule is Cc1cccc2c1-c1c(C)cccc1OCC(C=O)CO2. The van der Waals surface area contributed by atoms with Crippen molar-refractivity contribution in [1.82, 2.24) is 0 Å². The molecule has 21 heavy (non-hydrogen) atoms. The number of aldehydes is 1. The van der Waals surface area contributed by atoms with Crippen LogP contribution < -0.4 is 9.47 Å². The summed E-state index contributed by atoms with van der Waals surface area (Å²) in [7, 11) is 0. The Balaban J connectivity index is 2.24. The standard InChI is InChI=1S/C18H18O3/c1-12-5-3-7-15-17(12)18-13(2)6-4-8-16(18)21-11-14(9-19)10-20-15/h3-9,14H,10-11H2,1-2H3. The van der Waals surface area contributed by atoms with Crippen LogP contribution in [0.2, 0.25) is 0 Å². The number of benzene rings is 2. The zero-order valence-electron chi connectivity index (χ0n) is 12.3. The zero-order chi connectivity index (χ0) is 14.8. The fourth-order valence-corrected chi connectivity index (χ4v) is 2.68. The van der Waals surface area contributed by atoms with Crippen molar-refractivity contribution in [3.63, 3.8) is 0 Å². The summed E-state index contributed by atoms with van der Waals surface area (Å²) in [5.74, 6) is 1.36. The minimum atomic E-state index is -0.259. The molecule has 0 N–H and O–H groups in total. The van der Waals surface area contributed by atoms with Gasteiger partial charge in [-0.15, -0.1) is 0 Å². The average Bonchev–Trinajstić information content (AvgIpc) is 2.56. The summed E-state index contributed by atoms with van der Waals surface area (Å²) < 4.78 is 11.8. The fourth-order valence-electron chi connectivity index (χ4n) is 2.68. The topological polar surface area (TPSA) is 35.5 Å². The molecule has 0 spiro atoms. The molecule has 0 saturated carbocycles. The molecular formula is C18H18O3. The van der Waals surface area contributed by atoms with Gasteiger partial charge >= 0.3 is 0 Å². The second kappa shape index (κ2) is 5.60. The van der Waals surface area contributed by atoms with Gasteiger partial charge in [0.05, 0.1) is 5.92 Å². The highest BCUT2D eigenvalue weighted by atomic mass is 16.5. The van der Waals surface area contributed by atoms with Gasteiger partial charge in [-0.05, 0) is 37.1 Å². The highest BCUT2D eigenvalue weighted by Crippen LogP contribution is 2.41. The minimum absolute atomic E-state index is 0.259. The molecule has 0 amide bonds. The van der Waals surface area contributed by atoms with E-state index in [0.717, 1.165) is 40.0 Å². The van der Waals surface area contributed by atoms with Crippen molar-refractivity contribution in [2.75, 3.05) is 13.2 Å². The molecule has 3 nitrogen and oxygen atoms in total. The monoisotopic (exact) mass is 282 g/mol. The summed E-state index contributed by atoms with van der Waals surface area (Å²) in [6, 6.07) is 12.0. The van der Waals surface area contributed by atoms with E-state index < -0.39 is 0 Å². The van der Waals surface area contributed by atoms with Gasteiger partial charge in [-0.2, -0.15) is 0 Å². The summed E-state index contributed by atoms with van der Waals surface area (Å²) >= 11 is 0. The number of fused-ring (bicyclic) bond motifs is 3. The van der Waals surface area contributed by atoms with E-state index in [-0.39, 0.29) is 5.92 Å². The lowest BCUT2D eigenvalue weighted by molar-refractivity contribution is -0.112. The molecule has 0 unspecified atom stereocenters. The molecule has 1 heterocycles. The third-order valence-corrected chi connectivity index (χ3v) is 3.82. The van der Waals surface area contributed by atoms with E-state index in [0.29, 0.717) is 13.2 Å². The van der Waals surface area contributed by atoms with E-state index in [1.165, 1.54) is 0 Å². The number of rotatable bonds is 1. The molecule has 0 aromatic heterocycles. The van der Waals surface area contributed by atoms with Gasteiger partial charge < -0.3 is 14.3 Å². The first-order valence-electron chi connectivity index (χ1n) is 7.11. The third kappa shape index (κ3) is 2.51. The first-order chi connectivity index (χ1) is 10.2. The van der Waals surface area contributed by atoms with Crippen molar-refractivity contribution in [2.45, 2.75) is 13.8 Å². The van der Waals surface area contributed by atoms with Crippen LogP contribution in [0, 0.1) is 19.8 Å². The zero-order valence-corrected chi connectivity index (χ0v) is 12.3. The van der Waals surface area contributed by atoms with Crippen molar-refractivity contribution in [3.05, 3.63) is 47.5 Å². The summed E-state index contributed by atoms with van der Waals surface area (Å²) in [6.07, 6.45) is 0.899. The van der Waals surface area contributed by atoms with Crippen molar-refractivity contribution >= 4 is 6.29 Å². The minimum Gasteiger partial charge on any atom is -0.492 e. The predicted octanol–water partition coefficient (Wildman–Crippen LogP) is 3.56. The van der Waals surface area contributed by atoms with Crippen LogP contribution in [0.1, 0.15) is 11.1 Å². The predicted molar refractivity (Wildman–Crippen MR) is 81.9 cm³/mol. The summed E-state index contributed by atoms with van der Waals surface area (Å²) in [6.45, 7) is 4.81. The van der Waals surface area contributed by atoms with Crippen LogP contribution in [0.25, 0.3) is 11.1 Å². The molecule has 0 saturated heterocycles. The number of hydrogen-bond acceptors (Lipinski definition) is 3. The Kier molecular flexibility index (Phi) is 3.65. The van der Waals surface area contributed by atoms with E-state index in [1.54, 1.807) is 0 Å². The molecule has 108 valence electrons. The van der Waals surface area contributed by atoms with Crippen LogP contribution in [0.5, 0.6) is 11.5 Å². The highest BCUT2D eigenvalue weighted by molar-refractivity contribution is 5.81. The maximum absolute atomic E-state index is 11.1. The second-order valence-corrected chi connectivity index (χ2v) is 5.41. The van der Waals surface area contributed by atoms with Gasteiger partial charge in [-0.3, -0.25) is 0 Å². The number of carbonyl (C=O) groups is 1. The number of carbonyl (C=O) groups excluding carboxylic acids is 1. The number of hydrogen-bond donors (Lipinski definition) is 0. The molecule has 3 heteroatoms. The van der Waals surface area contributed by atoms with Gasteiger partial charge in [0, 0.05) is 11.1 Å². The number of aryl methyl sites for hydroxylation is 2. The van der Waals surface area contributed by atoms with Gasteiger partial charge in [-0.1, -0.05) is 24.3 Å². The molecule has 1 aliphatic rings. The average molecular weight is 282 g/mol. The largest absolute Gasteiger partial charge is 0.492 e. The van der Waals surface area contributed by atoms with Crippen molar-refractivity contribution in [2.24, 2.45) is 5.92 Å². The fraction of sp³-hybridized carbons (Fsp3) is 0.278. The Morgan fingerprint density at radius 2 is 1.38 bits per heavy atom. The van der Waals surface area contributed by atoms with E-state index in [9.17, 15) is 4.79 Å². The van der Waals surface area contributed by atoms with Crippen LogP contribution in [0.15, 0.2) is 36.4 Å². The Bertz CT molecular complexity index is 621. The maximum atomic E-state index is 11.1. The summed E-state index contributed by atoms with van der Waals surface area (Å²) in [4.78, 5) is 11.1. The van der Waals surface area contributed by atoms with Crippen molar-refractivity contribution < 1.29 is 14.3 Å². The van der Waals surface area contributed by atoms with E-state index in [2.05, 4.69) is 26.0 Å². The lowest BCUT2D eigenvalue weighted by atomic mass is 9.95. The molecule has 3 rings (SSSR count). The first-order valence-corrected chi connectivity index (χ1v) is 7.11. The second-order valence-electron chi connectivity index (χ2n) is 5.41. The quantitative estimate of drug-likeness (QED) is 0.750. The molecule has 0 radical (unpaired) electrons. The normalized spacial score (nSPS) is 14.6. The van der Waals surface area contributed by atoms with Gasteiger partial charge in [-0.25, -0.2) is 0 Å². The molecule has 0 atom stereocenters. The molecule has 2 aromatic carbocycles. The van der Waals surface area contributed by atoms with Gasteiger partial charge in [0.25, 0.3) is 0 Å². The Labute approximate surface area is 124 Å². The third-order valence-electron chi connectivity index (χ3n) is 3.82. The van der Waals surface area contributed by atoms with Crippen LogP contribution in [-0.2, 0) is 4.79 Å². The Hall–Kier alpha value is -2.29. The van der Waals surface area contributed by atoms with Crippen molar-refractivity contribution in [3.8, 4) is 22.6 Å². The van der Waals surface area contributed by atoms with Crippen LogP contribution in [-0.4, -0.2) is 19.5 Å². The van der Waals surface area contributed by atoms with Crippen LogP contribution >= 0.6 is 0 Å². The first kappa shape index (κ1) is 13.7. The lowest BCUT2D eigenvalue weighted by Gasteiger charge is -2.16. The molecule has 2 aromatic rings. The Morgan fingerprint density at radius 1 is 0.905 bits per heavy atom. The Morgan fingerprint density at radius 3 is 1.81 bits per heavy atom. The van der Waals surface area contributed by atoms with Crippen LogP contribution in [0.4, 0.5) is 0 Å². The van der Waals surface area contributed by atoms with E-state index in [4.69, 9.17) is 9.47 Å². The molecule has 0 aliphatic carbocycles. The molecule has 1 aliphatic heterocycles. The summed E-state index contributed by atoms with van der Waals surface area (Å²) in [5.41, 5.74) is 4.38. The van der Waals surface area contributed by atoms with Gasteiger partial charge in [0.2, 0.25) is 0 Å². The van der Waals surface area contributed by atoms with Gasteiger partial charge in [0.15, 0.2) is 0 Å². The smallest absolute Gasteiger partial charge is 0.129 e. The van der Waals surface area contributed by atoms with E-state index >= 15 is 0 Å². The highest BCUT2D eigenvalue weighted by Gasteiger charge is 2.21. The van der Waals surface area contributed by atoms with Crippen LogP contribution in [0.3, 0.4) is 0 Å². The maximum Gasteiger partial charge on any atom is 0.129 e. The molecule has 0 bridgehead atoms. The van der Waals surface area contributed by atoms with Crippen molar-refractivity contribution in [1.29, 1.82) is 0 Å². The van der Waals surface area contributed by atoms with Gasteiger partial charge in [0.1, 0.15) is 31.0 Å². The van der Waals surface area contributed by atoms with E-state index in [1.807, 2.05) is 24.3 Å². The molecular weight excluding hydrogens is 264 g/mol. The number of ether oxygens (including phenoxy) is 2. The molecule has 0 fully saturated rings.